The lowest BCUT2D eigenvalue weighted by Gasteiger charge is -2.15. The molecule has 0 saturated heterocycles. The van der Waals surface area contributed by atoms with Crippen molar-refractivity contribution in [1.82, 2.24) is 19.5 Å². The maximum atomic E-state index is 4.20. The summed E-state index contributed by atoms with van der Waals surface area (Å²) in [4.78, 5) is 6.34. The van der Waals surface area contributed by atoms with Gasteiger partial charge in [0, 0.05) is 43.6 Å². The number of anilines is 1. The molecule has 5 nitrogen and oxygen atoms in total. The molecule has 1 N–H and O–H groups in total. The largest absolute Gasteiger partial charge is 0.374 e. The summed E-state index contributed by atoms with van der Waals surface area (Å²) in [5, 5.41) is 8.65. The van der Waals surface area contributed by atoms with E-state index in [-0.39, 0.29) is 0 Å². The number of nitrogens with one attached hydrogen (secondary N) is 1. The molecule has 0 atom stereocenters. The van der Waals surface area contributed by atoms with Crippen LogP contribution in [0.15, 0.2) is 24.5 Å². The van der Waals surface area contributed by atoms with Gasteiger partial charge in [0.05, 0.1) is 0 Å². The van der Waals surface area contributed by atoms with Crippen molar-refractivity contribution in [2.75, 3.05) is 18.9 Å². The summed E-state index contributed by atoms with van der Waals surface area (Å²) < 4.78 is 4.03. The Labute approximate surface area is 117 Å². The van der Waals surface area contributed by atoms with Crippen molar-refractivity contribution in [3.8, 4) is 0 Å². The van der Waals surface area contributed by atoms with E-state index in [1.54, 1.807) is 6.20 Å². The van der Waals surface area contributed by atoms with Gasteiger partial charge >= 0.3 is 0 Å². The van der Waals surface area contributed by atoms with Crippen LogP contribution in [0.3, 0.4) is 0 Å². The van der Waals surface area contributed by atoms with Crippen LogP contribution in [0.1, 0.15) is 24.6 Å². The van der Waals surface area contributed by atoms with E-state index in [1.807, 2.05) is 12.3 Å². The van der Waals surface area contributed by atoms with Crippen LogP contribution < -0.4 is 5.32 Å². The molecule has 19 heavy (non-hydrogen) atoms. The molecule has 0 aliphatic carbocycles. The molecule has 6 heteroatoms. The number of aromatic nitrogens is 3. The lowest BCUT2D eigenvalue weighted by molar-refractivity contribution is 0.315. The van der Waals surface area contributed by atoms with Gasteiger partial charge in [-0.25, -0.2) is 0 Å². The van der Waals surface area contributed by atoms with E-state index >= 15 is 0 Å². The van der Waals surface area contributed by atoms with Crippen LogP contribution in [0, 0.1) is 0 Å². The Balaban J connectivity index is 1.91. The predicted octanol–water partition coefficient (Wildman–Crippen LogP) is 2.39. The van der Waals surface area contributed by atoms with Gasteiger partial charge in [-0.3, -0.25) is 9.88 Å². The van der Waals surface area contributed by atoms with E-state index in [0.29, 0.717) is 0 Å². The fourth-order valence-electron chi connectivity index (χ4n) is 1.80. The maximum absolute atomic E-state index is 4.20. The van der Waals surface area contributed by atoms with E-state index < -0.39 is 0 Å². The average Bonchev–Trinajstić information content (AvgIpc) is 2.84. The zero-order chi connectivity index (χ0) is 13.5. The minimum atomic E-state index is 0.789. The smallest absolute Gasteiger partial charge is 0.134 e. The SMILES string of the molecule is CCCNc1snnc1CN(C)Cc1cccnc1. The molecular weight excluding hydrogens is 258 g/mol. The molecule has 0 unspecified atom stereocenters. The van der Waals surface area contributed by atoms with Crippen molar-refractivity contribution >= 4 is 16.5 Å². The Hall–Kier alpha value is -1.53. The molecule has 2 heterocycles. The second kappa shape index (κ2) is 7.16. The first-order chi connectivity index (χ1) is 9.29. The summed E-state index contributed by atoms with van der Waals surface area (Å²) in [6.07, 6.45) is 4.79. The topological polar surface area (TPSA) is 53.9 Å². The second-order valence-electron chi connectivity index (χ2n) is 4.51. The quantitative estimate of drug-likeness (QED) is 0.842. The first kappa shape index (κ1) is 13.9. The molecule has 0 aliphatic rings. The van der Waals surface area contributed by atoms with E-state index in [2.05, 4.69) is 44.8 Å². The summed E-state index contributed by atoms with van der Waals surface area (Å²) in [7, 11) is 2.08. The monoisotopic (exact) mass is 277 g/mol. The molecule has 0 saturated carbocycles. The lowest BCUT2D eigenvalue weighted by Crippen LogP contribution is -2.18. The van der Waals surface area contributed by atoms with Gasteiger partial charge in [0.2, 0.25) is 0 Å². The molecule has 0 radical (unpaired) electrons. The Bertz CT molecular complexity index is 485. The van der Waals surface area contributed by atoms with Crippen LogP contribution in [0.2, 0.25) is 0 Å². The van der Waals surface area contributed by atoms with E-state index in [4.69, 9.17) is 0 Å². The number of hydrogen-bond donors (Lipinski definition) is 1. The van der Waals surface area contributed by atoms with Crippen LogP contribution in [-0.4, -0.2) is 33.1 Å². The normalized spacial score (nSPS) is 10.9. The fourth-order valence-corrected chi connectivity index (χ4v) is 2.40. The van der Waals surface area contributed by atoms with Gasteiger partial charge < -0.3 is 5.32 Å². The predicted molar refractivity (Wildman–Crippen MR) is 78.1 cm³/mol. The molecule has 2 rings (SSSR count). The standard InChI is InChI=1S/C13H19N5S/c1-3-6-15-13-12(16-17-19-13)10-18(2)9-11-5-4-7-14-8-11/h4-5,7-8,15H,3,6,9-10H2,1-2H3. The lowest BCUT2D eigenvalue weighted by atomic mass is 10.2. The molecule has 0 aliphatic heterocycles. The van der Waals surface area contributed by atoms with Crippen molar-refractivity contribution < 1.29 is 0 Å². The zero-order valence-corrected chi connectivity index (χ0v) is 12.2. The molecule has 0 fully saturated rings. The van der Waals surface area contributed by atoms with Crippen LogP contribution in [-0.2, 0) is 13.1 Å². The maximum Gasteiger partial charge on any atom is 0.134 e. The third-order valence-electron chi connectivity index (χ3n) is 2.69. The van der Waals surface area contributed by atoms with E-state index in [1.165, 1.54) is 17.1 Å². The molecular formula is C13H19N5S. The second-order valence-corrected chi connectivity index (χ2v) is 5.26. The zero-order valence-electron chi connectivity index (χ0n) is 11.3. The average molecular weight is 277 g/mol. The van der Waals surface area contributed by atoms with Crippen LogP contribution >= 0.6 is 11.5 Å². The summed E-state index contributed by atoms with van der Waals surface area (Å²) >= 11 is 1.43. The highest BCUT2D eigenvalue weighted by Gasteiger charge is 2.10. The van der Waals surface area contributed by atoms with Crippen LogP contribution in [0.25, 0.3) is 0 Å². The molecule has 0 bridgehead atoms. The number of hydrogen-bond acceptors (Lipinski definition) is 6. The van der Waals surface area contributed by atoms with Gasteiger partial charge in [-0.1, -0.05) is 17.5 Å². The third kappa shape index (κ3) is 4.25. The molecule has 0 spiro atoms. The van der Waals surface area contributed by atoms with Gasteiger partial charge in [-0.15, -0.1) is 5.10 Å². The van der Waals surface area contributed by atoms with Gasteiger partial charge in [-0.2, -0.15) is 0 Å². The van der Waals surface area contributed by atoms with E-state index in [0.717, 1.165) is 36.8 Å². The number of rotatable bonds is 7. The molecule has 0 amide bonds. The Kier molecular flexibility index (Phi) is 5.23. The third-order valence-corrected chi connectivity index (χ3v) is 3.41. The molecule has 2 aromatic rings. The van der Waals surface area contributed by atoms with Crippen molar-refractivity contribution in [2.45, 2.75) is 26.4 Å². The fraction of sp³-hybridized carbons (Fsp3) is 0.462. The van der Waals surface area contributed by atoms with E-state index in [9.17, 15) is 0 Å². The first-order valence-corrected chi connectivity index (χ1v) is 7.19. The summed E-state index contributed by atoms with van der Waals surface area (Å²) in [6.45, 7) is 4.76. The summed E-state index contributed by atoms with van der Waals surface area (Å²) in [6, 6.07) is 4.04. The Morgan fingerprint density at radius 1 is 1.37 bits per heavy atom. The Morgan fingerprint density at radius 2 is 2.26 bits per heavy atom. The van der Waals surface area contributed by atoms with Crippen molar-refractivity contribution in [3.05, 3.63) is 35.8 Å². The van der Waals surface area contributed by atoms with Crippen molar-refractivity contribution in [1.29, 1.82) is 0 Å². The highest BCUT2D eigenvalue weighted by Crippen LogP contribution is 2.19. The van der Waals surface area contributed by atoms with Gasteiger partial charge in [0.25, 0.3) is 0 Å². The Morgan fingerprint density at radius 3 is 3.00 bits per heavy atom. The molecule has 0 aromatic carbocycles. The number of nitrogens with zero attached hydrogens (tertiary/aromatic N) is 4. The van der Waals surface area contributed by atoms with Crippen molar-refractivity contribution in [3.63, 3.8) is 0 Å². The number of pyridine rings is 1. The minimum absolute atomic E-state index is 0.789. The van der Waals surface area contributed by atoms with Gasteiger partial charge in [-0.05, 0) is 25.1 Å². The summed E-state index contributed by atoms with van der Waals surface area (Å²) in [5.41, 5.74) is 2.22. The molecule has 102 valence electrons. The van der Waals surface area contributed by atoms with Gasteiger partial charge in [0.15, 0.2) is 0 Å². The van der Waals surface area contributed by atoms with Crippen molar-refractivity contribution in [2.24, 2.45) is 0 Å². The molecule has 2 aromatic heterocycles. The first-order valence-electron chi connectivity index (χ1n) is 6.42. The highest BCUT2D eigenvalue weighted by molar-refractivity contribution is 7.10. The highest BCUT2D eigenvalue weighted by atomic mass is 32.1. The summed E-state index contributed by atoms with van der Waals surface area (Å²) in [5.74, 6) is 0. The van der Waals surface area contributed by atoms with Gasteiger partial charge in [0.1, 0.15) is 10.7 Å². The minimum Gasteiger partial charge on any atom is -0.374 e. The van der Waals surface area contributed by atoms with Crippen LogP contribution in [0.5, 0.6) is 0 Å². The van der Waals surface area contributed by atoms with Crippen LogP contribution in [0.4, 0.5) is 5.00 Å².